The number of amides is 1. The van der Waals surface area contributed by atoms with Gasteiger partial charge in [-0.3, -0.25) is 9.36 Å². The van der Waals surface area contributed by atoms with Crippen molar-refractivity contribution in [3.63, 3.8) is 0 Å². The number of aromatic nitrogens is 4. The SMILES string of the molecule is COc1ccc2[nH]cc(CCNC(=O)C3(C)COCc4nnc(C5CCCC5)n43)c2c1. The Bertz CT molecular complexity index is 1100. The van der Waals surface area contributed by atoms with Crippen LogP contribution in [-0.2, 0) is 28.1 Å². The molecule has 0 saturated heterocycles. The van der Waals surface area contributed by atoms with Crippen molar-refractivity contribution in [1.82, 2.24) is 25.1 Å². The maximum absolute atomic E-state index is 13.3. The number of hydrogen-bond acceptors (Lipinski definition) is 5. The Hall–Kier alpha value is -2.87. The molecule has 1 aromatic carbocycles. The minimum atomic E-state index is -0.835. The zero-order valence-corrected chi connectivity index (χ0v) is 18.1. The molecule has 0 bridgehead atoms. The fraction of sp³-hybridized carbons (Fsp3) is 0.522. The van der Waals surface area contributed by atoms with Crippen LogP contribution in [0.3, 0.4) is 0 Å². The highest BCUT2D eigenvalue weighted by Gasteiger charge is 2.43. The van der Waals surface area contributed by atoms with Crippen LogP contribution in [0.4, 0.5) is 0 Å². The molecule has 31 heavy (non-hydrogen) atoms. The lowest BCUT2D eigenvalue weighted by atomic mass is 9.97. The summed E-state index contributed by atoms with van der Waals surface area (Å²) in [5.74, 6) is 2.84. The number of nitrogens with zero attached hydrogens (tertiary/aromatic N) is 3. The lowest BCUT2D eigenvalue weighted by Crippen LogP contribution is -2.53. The van der Waals surface area contributed by atoms with E-state index in [0.29, 0.717) is 25.7 Å². The molecule has 5 rings (SSSR count). The molecule has 1 fully saturated rings. The molecule has 1 atom stereocenters. The number of H-pyrrole nitrogens is 1. The Labute approximate surface area is 181 Å². The van der Waals surface area contributed by atoms with Gasteiger partial charge in [0.2, 0.25) is 5.91 Å². The minimum absolute atomic E-state index is 0.0510. The molecule has 1 aliphatic heterocycles. The number of fused-ring (bicyclic) bond motifs is 2. The molecular weight excluding hydrogens is 394 g/mol. The monoisotopic (exact) mass is 423 g/mol. The first-order valence-electron chi connectivity index (χ1n) is 11.0. The maximum Gasteiger partial charge on any atom is 0.248 e. The third-order valence-electron chi connectivity index (χ3n) is 6.73. The number of benzene rings is 1. The van der Waals surface area contributed by atoms with Gasteiger partial charge in [0.15, 0.2) is 5.82 Å². The van der Waals surface area contributed by atoms with Gasteiger partial charge in [-0.25, -0.2) is 0 Å². The van der Waals surface area contributed by atoms with Crippen molar-refractivity contribution in [3.8, 4) is 5.75 Å². The number of hydrogen-bond donors (Lipinski definition) is 2. The van der Waals surface area contributed by atoms with Gasteiger partial charge in [0.05, 0.1) is 13.7 Å². The van der Waals surface area contributed by atoms with Gasteiger partial charge in [0, 0.05) is 29.6 Å². The van der Waals surface area contributed by atoms with E-state index in [1.54, 1.807) is 7.11 Å². The molecule has 0 radical (unpaired) electrons. The smallest absolute Gasteiger partial charge is 0.248 e. The number of methoxy groups -OCH3 is 1. The predicted octanol–water partition coefficient (Wildman–Crippen LogP) is 3.03. The van der Waals surface area contributed by atoms with E-state index in [0.717, 1.165) is 53.1 Å². The first-order valence-corrected chi connectivity index (χ1v) is 11.0. The van der Waals surface area contributed by atoms with Gasteiger partial charge in [0.1, 0.15) is 23.7 Å². The second kappa shape index (κ2) is 8.00. The van der Waals surface area contributed by atoms with Gasteiger partial charge in [-0.1, -0.05) is 12.8 Å². The molecule has 164 valence electrons. The van der Waals surface area contributed by atoms with Crippen molar-refractivity contribution in [2.24, 2.45) is 0 Å². The van der Waals surface area contributed by atoms with Crippen molar-refractivity contribution >= 4 is 16.8 Å². The maximum atomic E-state index is 13.3. The van der Waals surface area contributed by atoms with E-state index in [2.05, 4.69) is 25.1 Å². The predicted molar refractivity (Wildman–Crippen MR) is 116 cm³/mol. The lowest BCUT2D eigenvalue weighted by molar-refractivity contribution is -0.135. The summed E-state index contributed by atoms with van der Waals surface area (Å²) >= 11 is 0. The van der Waals surface area contributed by atoms with Crippen LogP contribution in [-0.4, -0.2) is 45.9 Å². The Balaban J connectivity index is 1.32. The molecule has 2 aliphatic rings. The zero-order valence-electron chi connectivity index (χ0n) is 18.1. The second-order valence-electron chi connectivity index (χ2n) is 8.79. The van der Waals surface area contributed by atoms with E-state index >= 15 is 0 Å². The molecule has 8 heteroatoms. The molecule has 2 N–H and O–H groups in total. The molecule has 1 aliphatic carbocycles. The average molecular weight is 424 g/mol. The summed E-state index contributed by atoms with van der Waals surface area (Å²) in [5, 5.41) is 13.1. The largest absolute Gasteiger partial charge is 0.497 e. The van der Waals surface area contributed by atoms with Crippen LogP contribution in [0, 0.1) is 0 Å². The van der Waals surface area contributed by atoms with E-state index in [1.807, 2.05) is 31.3 Å². The Morgan fingerprint density at radius 1 is 1.35 bits per heavy atom. The Morgan fingerprint density at radius 2 is 2.19 bits per heavy atom. The first-order chi connectivity index (χ1) is 15.1. The molecule has 3 heterocycles. The summed E-state index contributed by atoms with van der Waals surface area (Å²) in [5.41, 5.74) is 1.37. The van der Waals surface area contributed by atoms with E-state index in [9.17, 15) is 4.79 Å². The van der Waals surface area contributed by atoms with Gasteiger partial charge in [0.25, 0.3) is 0 Å². The fourth-order valence-corrected chi connectivity index (χ4v) is 4.98. The molecule has 1 saturated carbocycles. The summed E-state index contributed by atoms with van der Waals surface area (Å²) in [6.07, 6.45) is 7.36. The van der Waals surface area contributed by atoms with Crippen molar-refractivity contribution in [2.45, 2.75) is 57.1 Å². The topological polar surface area (TPSA) is 94.1 Å². The highest BCUT2D eigenvalue weighted by molar-refractivity contribution is 5.86. The average Bonchev–Trinajstić information content (AvgIpc) is 3.53. The number of carbonyl (C=O) groups is 1. The number of ether oxygens (including phenoxy) is 2. The number of rotatable bonds is 6. The Kier molecular flexibility index (Phi) is 5.17. The van der Waals surface area contributed by atoms with Crippen LogP contribution in [0.5, 0.6) is 5.75 Å². The van der Waals surface area contributed by atoms with Crippen LogP contribution >= 0.6 is 0 Å². The van der Waals surface area contributed by atoms with Crippen LogP contribution in [0.1, 0.15) is 55.7 Å². The zero-order chi connectivity index (χ0) is 21.4. The van der Waals surface area contributed by atoms with Gasteiger partial charge in [-0.15, -0.1) is 10.2 Å². The van der Waals surface area contributed by atoms with Gasteiger partial charge < -0.3 is 19.8 Å². The normalized spacial score (nSPS) is 21.4. The van der Waals surface area contributed by atoms with Gasteiger partial charge >= 0.3 is 0 Å². The lowest BCUT2D eigenvalue weighted by Gasteiger charge is -2.36. The van der Waals surface area contributed by atoms with E-state index < -0.39 is 5.54 Å². The van der Waals surface area contributed by atoms with Crippen LogP contribution in [0.25, 0.3) is 10.9 Å². The van der Waals surface area contributed by atoms with E-state index in [1.165, 1.54) is 12.8 Å². The minimum Gasteiger partial charge on any atom is -0.497 e. The fourth-order valence-electron chi connectivity index (χ4n) is 4.98. The van der Waals surface area contributed by atoms with Crippen molar-refractivity contribution in [1.29, 1.82) is 0 Å². The molecular formula is C23H29N5O3. The van der Waals surface area contributed by atoms with Gasteiger partial charge in [-0.2, -0.15) is 0 Å². The molecule has 1 amide bonds. The molecule has 0 spiro atoms. The summed E-state index contributed by atoms with van der Waals surface area (Å²) in [6.45, 7) is 3.20. The number of aromatic amines is 1. The Morgan fingerprint density at radius 3 is 3.00 bits per heavy atom. The third-order valence-corrected chi connectivity index (χ3v) is 6.73. The molecule has 3 aromatic rings. The van der Waals surface area contributed by atoms with Crippen molar-refractivity contribution < 1.29 is 14.3 Å². The van der Waals surface area contributed by atoms with Crippen molar-refractivity contribution in [2.75, 3.05) is 20.3 Å². The van der Waals surface area contributed by atoms with E-state index in [4.69, 9.17) is 9.47 Å². The standard InChI is InChI=1S/C23H29N5O3/c1-23(14-31-13-20-26-27-21(28(20)23)15-5-3-4-6-15)22(29)24-10-9-16-12-25-19-8-7-17(30-2)11-18(16)19/h7-8,11-12,15,25H,3-6,9-10,13-14H2,1-2H3,(H,24,29). The second-order valence-corrected chi connectivity index (χ2v) is 8.79. The summed E-state index contributed by atoms with van der Waals surface area (Å²) in [7, 11) is 1.67. The van der Waals surface area contributed by atoms with Crippen LogP contribution < -0.4 is 10.1 Å². The van der Waals surface area contributed by atoms with Crippen molar-refractivity contribution in [3.05, 3.63) is 41.6 Å². The molecule has 2 aromatic heterocycles. The molecule has 8 nitrogen and oxygen atoms in total. The summed E-state index contributed by atoms with van der Waals surface area (Å²) < 4.78 is 13.1. The van der Waals surface area contributed by atoms with Crippen LogP contribution in [0.2, 0.25) is 0 Å². The van der Waals surface area contributed by atoms with Crippen LogP contribution in [0.15, 0.2) is 24.4 Å². The van der Waals surface area contributed by atoms with E-state index in [-0.39, 0.29) is 5.91 Å². The first kappa shape index (κ1) is 20.1. The highest BCUT2D eigenvalue weighted by Crippen LogP contribution is 2.37. The summed E-state index contributed by atoms with van der Waals surface area (Å²) in [6, 6.07) is 5.97. The van der Waals surface area contributed by atoms with Gasteiger partial charge in [-0.05, 0) is 49.9 Å². The quantitative estimate of drug-likeness (QED) is 0.636. The highest BCUT2D eigenvalue weighted by atomic mass is 16.5. The molecule has 1 unspecified atom stereocenters. The third kappa shape index (κ3) is 3.48. The number of carbonyl (C=O) groups excluding carboxylic acids is 1. The summed E-state index contributed by atoms with van der Waals surface area (Å²) in [4.78, 5) is 16.6. The number of nitrogens with one attached hydrogen (secondary N) is 2.